The van der Waals surface area contributed by atoms with Gasteiger partial charge in [0.1, 0.15) is 4.90 Å². The van der Waals surface area contributed by atoms with Crippen LogP contribution in [0.2, 0.25) is 0 Å². The molecule has 1 atom stereocenters. The van der Waals surface area contributed by atoms with Gasteiger partial charge in [-0.05, 0) is 25.6 Å². The summed E-state index contributed by atoms with van der Waals surface area (Å²) in [6.07, 6.45) is 2.42. The average Bonchev–Trinajstić information content (AvgIpc) is 2.47. The van der Waals surface area contributed by atoms with Crippen molar-refractivity contribution >= 4 is 15.8 Å². The quantitative estimate of drug-likeness (QED) is 0.604. The number of aromatic nitrogens is 1. The second-order valence-electron chi connectivity index (χ2n) is 4.90. The fourth-order valence-corrected chi connectivity index (χ4v) is 4.00. The van der Waals surface area contributed by atoms with Crippen LogP contribution in [-0.4, -0.2) is 55.3 Å². The van der Waals surface area contributed by atoms with Gasteiger partial charge in [0.2, 0.25) is 10.0 Å². The molecule has 0 spiro atoms. The summed E-state index contributed by atoms with van der Waals surface area (Å²) in [6, 6.07) is 3.36. The van der Waals surface area contributed by atoms with E-state index in [0.717, 1.165) is 13.0 Å². The molecule has 3 N–H and O–H groups in total. The van der Waals surface area contributed by atoms with Crippen LogP contribution in [0.4, 0.5) is 5.82 Å². The number of piperazine rings is 1. The zero-order chi connectivity index (χ0) is 14.8. The van der Waals surface area contributed by atoms with Crippen molar-refractivity contribution in [3.05, 3.63) is 18.3 Å². The van der Waals surface area contributed by atoms with Gasteiger partial charge in [0.05, 0.1) is 0 Å². The fourth-order valence-electron chi connectivity index (χ4n) is 2.42. The smallest absolute Gasteiger partial charge is 0.246 e. The van der Waals surface area contributed by atoms with E-state index >= 15 is 0 Å². The molecule has 1 unspecified atom stereocenters. The summed E-state index contributed by atoms with van der Waals surface area (Å²) in [5.41, 5.74) is 2.35. The lowest BCUT2D eigenvalue weighted by atomic mass is 10.1. The molecule has 2 rings (SSSR count). The van der Waals surface area contributed by atoms with E-state index in [1.807, 2.05) is 7.05 Å². The molecule has 112 valence electrons. The minimum Gasteiger partial charge on any atom is -0.307 e. The van der Waals surface area contributed by atoms with E-state index in [2.05, 4.69) is 22.2 Å². The van der Waals surface area contributed by atoms with Gasteiger partial charge in [-0.3, -0.25) is 0 Å². The predicted molar refractivity (Wildman–Crippen MR) is 77.5 cm³/mol. The normalized spacial score (nSPS) is 21.9. The maximum atomic E-state index is 12.7. The third-order valence-corrected chi connectivity index (χ3v) is 5.63. The van der Waals surface area contributed by atoms with Gasteiger partial charge in [0, 0.05) is 31.9 Å². The van der Waals surface area contributed by atoms with E-state index in [0.29, 0.717) is 13.1 Å². The van der Waals surface area contributed by atoms with Crippen molar-refractivity contribution in [3.63, 3.8) is 0 Å². The number of hydrogen-bond acceptors (Lipinski definition) is 6. The third kappa shape index (κ3) is 2.78. The van der Waals surface area contributed by atoms with Crippen molar-refractivity contribution in [3.8, 4) is 0 Å². The van der Waals surface area contributed by atoms with Crippen LogP contribution in [0.15, 0.2) is 23.2 Å². The lowest BCUT2D eigenvalue weighted by molar-refractivity contribution is 0.144. The summed E-state index contributed by atoms with van der Waals surface area (Å²) in [5.74, 6) is 5.53. The van der Waals surface area contributed by atoms with Crippen molar-refractivity contribution < 1.29 is 8.42 Å². The Morgan fingerprint density at radius 3 is 2.90 bits per heavy atom. The van der Waals surface area contributed by atoms with Gasteiger partial charge >= 0.3 is 0 Å². The van der Waals surface area contributed by atoms with E-state index in [9.17, 15) is 8.42 Å². The molecule has 0 radical (unpaired) electrons. The van der Waals surface area contributed by atoms with E-state index in [1.165, 1.54) is 16.6 Å². The number of anilines is 1. The van der Waals surface area contributed by atoms with Crippen molar-refractivity contribution in [1.29, 1.82) is 0 Å². The summed E-state index contributed by atoms with van der Waals surface area (Å²) >= 11 is 0. The number of hydrogen-bond donors (Lipinski definition) is 2. The first-order valence-electron chi connectivity index (χ1n) is 6.62. The second-order valence-corrected chi connectivity index (χ2v) is 6.81. The molecule has 20 heavy (non-hydrogen) atoms. The number of pyridine rings is 1. The highest BCUT2D eigenvalue weighted by molar-refractivity contribution is 7.89. The molecule has 0 bridgehead atoms. The average molecular weight is 299 g/mol. The highest BCUT2D eigenvalue weighted by Gasteiger charge is 2.33. The van der Waals surface area contributed by atoms with Gasteiger partial charge in [-0.15, -0.1) is 0 Å². The second kappa shape index (κ2) is 6.04. The highest BCUT2D eigenvalue weighted by Crippen LogP contribution is 2.24. The highest BCUT2D eigenvalue weighted by atomic mass is 32.2. The monoisotopic (exact) mass is 299 g/mol. The molecule has 1 aliphatic rings. The summed E-state index contributed by atoms with van der Waals surface area (Å²) in [7, 11) is -1.55. The van der Waals surface area contributed by atoms with E-state index in [-0.39, 0.29) is 16.8 Å². The summed E-state index contributed by atoms with van der Waals surface area (Å²) in [6.45, 7) is 3.76. The van der Waals surface area contributed by atoms with Gasteiger partial charge < -0.3 is 10.3 Å². The number of nitrogens with one attached hydrogen (secondary N) is 1. The minimum absolute atomic E-state index is 0.127. The molecule has 1 aliphatic heterocycles. The van der Waals surface area contributed by atoms with Crippen LogP contribution in [0.1, 0.15) is 13.3 Å². The first-order chi connectivity index (χ1) is 9.50. The van der Waals surface area contributed by atoms with Crippen LogP contribution >= 0.6 is 0 Å². The van der Waals surface area contributed by atoms with Crippen LogP contribution in [0.5, 0.6) is 0 Å². The molecule has 0 aromatic carbocycles. The van der Waals surface area contributed by atoms with Crippen LogP contribution in [0, 0.1) is 0 Å². The Hall–Kier alpha value is -1.22. The molecule has 0 saturated carbocycles. The standard InChI is InChI=1S/C12H21N5O2S/c1-3-10-9-17(8-7-16(10)2)20(18,19)11-5-4-6-14-12(11)15-13/h4-6,10H,3,7-9,13H2,1-2H3,(H,14,15). The molecule has 1 fully saturated rings. The lowest BCUT2D eigenvalue weighted by Crippen LogP contribution is -2.52. The minimum atomic E-state index is -3.57. The maximum Gasteiger partial charge on any atom is 0.246 e. The number of rotatable bonds is 4. The molecule has 1 aromatic rings. The topological polar surface area (TPSA) is 91.6 Å². The first-order valence-corrected chi connectivity index (χ1v) is 8.06. The van der Waals surface area contributed by atoms with Gasteiger partial charge in [0.25, 0.3) is 0 Å². The number of nitrogens with zero attached hydrogens (tertiary/aromatic N) is 3. The zero-order valence-corrected chi connectivity index (χ0v) is 12.6. The van der Waals surface area contributed by atoms with Crippen LogP contribution in [0.25, 0.3) is 0 Å². The fraction of sp³-hybridized carbons (Fsp3) is 0.583. The van der Waals surface area contributed by atoms with E-state index in [1.54, 1.807) is 6.07 Å². The Bertz CT molecular complexity index is 563. The molecule has 8 heteroatoms. The lowest BCUT2D eigenvalue weighted by Gasteiger charge is -2.38. The number of sulfonamides is 1. The third-order valence-electron chi connectivity index (χ3n) is 3.74. The van der Waals surface area contributed by atoms with E-state index in [4.69, 9.17) is 5.84 Å². The van der Waals surface area contributed by atoms with Crippen LogP contribution < -0.4 is 11.3 Å². The number of hydrazine groups is 1. The predicted octanol–water partition coefficient (Wildman–Crippen LogP) is 0.0819. The van der Waals surface area contributed by atoms with Gasteiger partial charge in [0.15, 0.2) is 5.82 Å². The summed E-state index contributed by atoms with van der Waals surface area (Å²) in [4.78, 5) is 6.28. The Morgan fingerprint density at radius 1 is 1.50 bits per heavy atom. The SMILES string of the molecule is CCC1CN(S(=O)(=O)c2cccnc2NN)CCN1C. The Kier molecular flexibility index (Phi) is 4.59. The van der Waals surface area contributed by atoms with Gasteiger partial charge in [-0.1, -0.05) is 6.92 Å². The number of likely N-dealkylation sites (N-methyl/N-ethyl adjacent to an activating group) is 1. The molecule has 7 nitrogen and oxygen atoms in total. The Balaban J connectivity index is 2.31. The van der Waals surface area contributed by atoms with Gasteiger partial charge in [-0.25, -0.2) is 19.2 Å². The Labute approximate surface area is 119 Å². The van der Waals surface area contributed by atoms with Crippen LogP contribution in [-0.2, 0) is 10.0 Å². The molecule has 1 saturated heterocycles. The van der Waals surface area contributed by atoms with E-state index < -0.39 is 10.0 Å². The molecular weight excluding hydrogens is 278 g/mol. The van der Waals surface area contributed by atoms with Crippen molar-refractivity contribution in [2.45, 2.75) is 24.3 Å². The summed E-state index contributed by atoms with van der Waals surface area (Å²) in [5, 5.41) is 0. The zero-order valence-electron chi connectivity index (χ0n) is 11.8. The number of nitrogen functional groups attached to an aromatic ring is 1. The van der Waals surface area contributed by atoms with Crippen molar-refractivity contribution in [1.82, 2.24) is 14.2 Å². The molecule has 0 amide bonds. The van der Waals surface area contributed by atoms with Crippen LogP contribution in [0.3, 0.4) is 0 Å². The Morgan fingerprint density at radius 2 is 2.25 bits per heavy atom. The maximum absolute atomic E-state index is 12.7. The van der Waals surface area contributed by atoms with Crippen molar-refractivity contribution in [2.24, 2.45) is 5.84 Å². The molecule has 0 aliphatic carbocycles. The van der Waals surface area contributed by atoms with Crippen molar-refractivity contribution in [2.75, 3.05) is 32.1 Å². The van der Waals surface area contributed by atoms with Gasteiger partial charge in [-0.2, -0.15) is 4.31 Å². The number of nitrogens with two attached hydrogens (primary N) is 1. The first kappa shape index (κ1) is 15.2. The molecular formula is C12H21N5O2S. The largest absolute Gasteiger partial charge is 0.307 e. The summed E-state index contributed by atoms with van der Waals surface area (Å²) < 4.78 is 26.9. The molecule has 2 heterocycles. The molecule has 1 aromatic heterocycles.